The minimum atomic E-state index is 0.365. The Hall–Kier alpha value is -2.97. The van der Waals surface area contributed by atoms with E-state index >= 15 is 0 Å². The molecule has 2 fully saturated rings. The van der Waals surface area contributed by atoms with Gasteiger partial charge in [0.15, 0.2) is 0 Å². The van der Waals surface area contributed by atoms with E-state index in [1.165, 1.54) is 18.4 Å². The molecule has 1 aromatic carbocycles. The normalized spacial score (nSPS) is 20.5. The molecule has 0 bridgehead atoms. The average Bonchev–Trinajstić information content (AvgIpc) is 3.37. The van der Waals surface area contributed by atoms with Crippen LogP contribution in [0.15, 0.2) is 42.0 Å². The Balaban J connectivity index is 1.66. The highest BCUT2D eigenvalue weighted by atomic mass is 35.5. The van der Waals surface area contributed by atoms with E-state index < -0.39 is 0 Å². The highest BCUT2D eigenvalue weighted by Crippen LogP contribution is 2.45. The van der Waals surface area contributed by atoms with Crippen molar-refractivity contribution in [1.29, 1.82) is 5.26 Å². The van der Waals surface area contributed by atoms with Gasteiger partial charge in [-0.25, -0.2) is 0 Å². The quantitative estimate of drug-likeness (QED) is 0.591. The summed E-state index contributed by atoms with van der Waals surface area (Å²) in [6, 6.07) is 6.75. The number of rotatable bonds is 3. The molecule has 2 unspecified atom stereocenters. The van der Waals surface area contributed by atoms with Crippen LogP contribution in [0.5, 0.6) is 0 Å². The van der Waals surface area contributed by atoms with Crippen molar-refractivity contribution in [3.63, 3.8) is 0 Å². The number of aryl methyl sites for hydroxylation is 1. The van der Waals surface area contributed by atoms with Crippen LogP contribution in [0.4, 0.5) is 5.69 Å². The lowest BCUT2D eigenvalue weighted by atomic mass is 10.0. The number of benzene rings is 1. The van der Waals surface area contributed by atoms with Crippen LogP contribution in [-0.4, -0.2) is 9.55 Å². The molecule has 2 atom stereocenters. The zero-order valence-corrected chi connectivity index (χ0v) is 17.7. The molecule has 4 N–H and O–H groups in total. The molecule has 2 saturated carbocycles. The number of pyridine rings is 1. The number of anilines is 1. The minimum Gasteiger partial charge on any atom is -0.402 e. The van der Waals surface area contributed by atoms with Crippen molar-refractivity contribution in [2.45, 2.75) is 45.1 Å². The maximum absolute atomic E-state index is 9.58. The van der Waals surface area contributed by atoms with Crippen molar-refractivity contribution in [2.75, 3.05) is 5.73 Å². The van der Waals surface area contributed by atoms with Gasteiger partial charge < -0.3 is 16.0 Å². The molecule has 0 radical (unpaired) electrons. The first-order valence-electron chi connectivity index (χ1n) is 10.4. The molecule has 0 amide bonds. The van der Waals surface area contributed by atoms with Gasteiger partial charge in [-0.1, -0.05) is 17.2 Å². The molecular formula is C24H24ClN5. The van der Waals surface area contributed by atoms with Gasteiger partial charge >= 0.3 is 0 Å². The van der Waals surface area contributed by atoms with Gasteiger partial charge in [0, 0.05) is 52.1 Å². The lowest BCUT2D eigenvalue weighted by Crippen LogP contribution is -2.10. The molecule has 5 rings (SSSR count). The monoisotopic (exact) mass is 417 g/mol. The van der Waals surface area contributed by atoms with E-state index in [4.69, 9.17) is 23.1 Å². The number of nitriles is 1. The Labute approximate surface area is 180 Å². The number of hydrogen-bond acceptors (Lipinski definition) is 4. The third-order valence-electron chi connectivity index (χ3n) is 6.64. The number of nitrogens with two attached hydrogens (primary N) is 2. The highest BCUT2D eigenvalue weighted by molar-refractivity contribution is 6.36. The zero-order valence-electron chi connectivity index (χ0n) is 17.0. The molecule has 5 nitrogen and oxygen atoms in total. The van der Waals surface area contributed by atoms with Crippen LogP contribution in [0, 0.1) is 24.2 Å². The number of nitrogens with zero attached hydrogens (tertiary/aromatic N) is 3. The Morgan fingerprint density at radius 3 is 2.77 bits per heavy atom. The Bertz CT molecular complexity index is 1240. The molecule has 152 valence electrons. The highest BCUT2D eigenvalue weighted by Gasteiger charge is 2.32. The average molecular weight is 418 g/mol. The Morgan fingerprint density at radius 2 is 2.03 bits per heavy atom. The first-order valence-corrected chi connectivity index (χ1v) is 10.8. The maximum atomic E-state index is 9.58. The summed E-state index contributed by atoms with van der Waals surface area (Å²) in [7, 11) is 0. The van der Waals surface area contributed by atoms with Crippen molar-refractivity contribution in [3.05, 3.63) is 58.1 Å². The fraction of sp³-hybridized carbons (Fsp3) is 0.333. The van der Waals surface area contributed by atoms with Crippen molar-refractivity contribution < 1.29 is 0 Å². The molecule has 2 aliphatic carbocycles. The van der Waals surface area contributed by atoms with Crippen molar-refractivity contribution in [2.24, 2.45) is 11.7 Å². The summed E-state index contributed by atoms with van der Waals surface area (Å²) < 4.78 is 2.35. The number of halogens is 1. The SMILES string of the molecule is Cc1cc2c(cc1C#N)c(-c1cncc(N)c1Cl)cn2C1CCC(C(N)=C2CC2)C1. The summed E-state index contributed by atoms with van der Waals surface area (Å²) in [6.45, 7) is 1.98. The molecule has 0 saturated heterocycles. The van der Waals surface area contributed by atoms with Gasteiger partial charge in [-0.2, -0.15) is 5.26 Å². The smallest absolute Gasteiger partial charge is 0.0994 e. The topological polar surface area (TPSA) is 93.6 Å². The zero-order chi connectivity index (χ0) is 21.0. The number of allylic oxidation sites excluding steroid dienone is 2. The Morgan fingerprint density at radius 1 is 1.23 bits per heavy atom. The van der Waals surface area contributed by atoms with Crippen molar-refractivity contribution in [1.82, 2.24) is 9.55 Å². The van der Waals surface area contributed by atoms with E-state index in [-0.39, 0.29) is 0 Å². The van der Waals surface area contributed by atoms with E-state index in [1.54, 1.807) is 12.4 Å². The number of fused-ring (bicyclic) bond motifs is 1. The molecule has 0 aliphatic heterocycles. The second-order valence-electron chi connectivity index (χ2n) is 8.56. The minimum absolute atomic E-state index is 0.365. The van der Waals surface area contributed by atoms with Crippen LogP contribution < -0.4 is 11.5 Å². The van der Waals surface area contributed by atoms with Gasteiger partial charge in [-0.3, -0.25) is 4.98 Å². The second-order valence-corrected chi connectivity index (χ2v) is 8.94. The van der Waals surface area contributed by atoms with E-state index in [2.05, 4.69) is 27.9 Å². The summed E-state index contributed by atoms with van der Waals surface area (Å²) >= 11 is 6.55. The largest absolute Gasteiger partial charge is 0.402 e. The van der Waals surface area contributed by atoms with Gasteiger partial charge in [-0.05, 0) is 56.7 Å². The van der Waals surface area contributed by atoms with E-state index in [9.17, 15) is 5.26 Å². The predicted molar refractivity (Wildman–Crippen MR) is 121 cm³/mol. The molecule has 3 aromatic rings. The summed E-state index contributed by atoms with van der Waals surface area (Å²) in [5, 5.41) is 11.1. The second kappa shape index (κ2) is 7.07. The lowest BCUT2D eigenvalue weighted by molar-refractivity contribution is 0.513. The van der Waals surface area contributed by atoms with Gasteiger partial charge in [0.1, 0.15) is 0 Å². The van der Waals surface area contributed by atoms with E-state index in [0.29, 0.717) is 28.2 Å². The predicted octanol–water partition coefficient (Wildman–Crippen LogP) is 5.47. The molecule has 0 spiro atoms. The van der Waals surface area contributed by atoms with Crippen LogP contribution in [0.25, 0.3) is 22.0 Å². The standard InChI is InChI=1S/C24H24ClN5/c1-13-6-22-18(8-16(13)9-26)20(19-10-29-11-21(27)23(19)25)12-30(22)17-5-4-15(7-17)24(28)14-2-3-14/h6,8,10-12,15,17H,2-5,7,27-28H2,1H3. The fourth-order valence-electron chi connectivity index (χ4n) is 4.82. The third kappa shape index (κ3) is 3.03. The van der Waals surface area contributed by atoms with Gasteiger partial charge in [-0.15, -0.1) is 0 Å². The van der Waals surface area contributed by atoms with Crippen LogP contribution in [0.3, 0.4) is 0 Å². The first-order chi connectivity index (χ1) is 14.5. The molecule has 2 aromatic heterocycles. The third-order valence-corrected chi connectivity index (χ3v) is 7.07. The van der Waals surface area contributed by atoms with Crippen LogP contribution in [0.1, 0.15) is 49.3 Å². The van der Waals surface area contributed by atoms with Gasteiger partial charge in [0.2, 0.25) is 0 Å². The van der Waals surface area contributed by atoms with Crippen LogP contribution in [-0.2, 0) is 0 Å². The van der Waals surface area contributed by atoms with E-state index in [1.807, 2.05) is 13.0 Å². The summed E-state index contributed by atoms with van der Waals surface area (Å²) in [6.07, 6.45) is 11.0. The molecule has 2 aliphatic rings. The summed E-state index contributed by atoms with van der Waals surface area (Å²) in [5.74, 6) is 0.463. The maximum Gasteiger partial charge on any atom is 0.0994 e. The van der Waals surface area contributed by atoms with Crippen molar-refractivity contribution in [3.8, 4) is 17.2 Å². The molecule has 2 heterocycles. The van der Waals surface area contributed by atoms with Gasteiger partial charge in [0.25, 0.3) is 0 Å². The number of nitrogen functional groups attached to an aromatic ring is 1. The molecular weight excluding hydrogens is 394 g/mol. The molecule has 6 heteroatoms. The summed E-state index contributed by atoms with van der Waals surface area (Å²) in [5.41, 5.74) is 20.0. The lowest BCUT2D eigenvalue weighted by Gasteiger charge is -2.16. The summed E-state index contributed by atoms with van der Waals surface area (Å²) in [4.78, 5) is 4.25. The van der Waals surface area contributed by atoms with E-state index in [0.717, 1.165) is 52.6 Å². The fourth-order valence-corrected chi connectivity index (χ4v) is 5.02. The first kappa shape index (κ1) is 19.0. The van der Waals surface area contributed by atoms with Crippen LogP contribution >= 0.6 is 11.6 Å². The molecule has 30 heavy (non-hydrogen) atoms. The van der Waals surface area contributed by atoms with Gasteiger partial charge in [0.05, 0.1) is 28.5 Å². The Kier molecular flexibility index (Phi) is 4.48. The number of aromatic nitrogens is 2. The van der Waals surface area contributed by atoms with Crippen LogP contribution in [0.2, 0.25) is 5.02 Å². The number of hydrogen-bond donors (Lipinski definition) is 2. The van der Waals surface area contributed by atoms with Crippen molar-refractivity contribution >= 4 is 28.2 Å².